The normalized spacial score (nSPS) is 32.0. The van der Waals surface area contributed by atoms with E-state index in [1.54, 1.807) is 0 Å². The van der Waals surface area contributed by atoms with Crippen LogP contribution in [-0.2, 0) is 20.3 Å². The molecule has 112 valence electrons. The van der Waals surface area contributed by atoms with Crippen LogP contribution >= 0.6 is 0 Å². The van der Waals surface area contributed by atoms with Gasteiger partial charge in [0.25, 0.3) is 0 Å². The van der Waals surface area contributed by atoms with Crippen LogP contribution in [0.2, 0.25) is 0 Å². The van der Waals surface area contributed by atoms with Crippen LogP contribution in [0.5, 0.6) is 0 Å². The first-order chi connectivity index (χ1) is 9.06. The van der Waals surface area contributed by atoms with Crippen LogP contribution in [0.1, 0.15) is 39.5 Å². The molecule has 1 spiro atoms. The number of nitrogens with one attached hydrogen (secondary N) is 1. The highest BCUT2D eigenvalue weighted by molar-refractivity contribution is 7.85. The number of ether oxygens (including phenoxy) is 2. The summed E-state index contributed by atoms with van der Waals surface area (Å²) in [5.41, 5.74) is 0. The van der Waals surface area contributed by atoms with Gasteiger partial charge in [-0.25, -0.2) is 0 Å². The Morgan fingerprint density at radius 3 is 2.63 bits per heavy atom. The molecule has 5 heteroatoms. The molecule has 2 aliphatic rings. The summed E-state index contributed by atoms with van der Waals surface area (Å²) in [4.78, 5) is 0. The zero-order chi connectivity index (χ0) is 13.9. The van der Waals surface area contributed by atoms with Crippen molar-refractivity contribution >= 4 is 10.8 Å². The van der Waals surface area contributed by atoms with Gasteiger partial charge in [0.15, 0.2) is 5.79 Å². The van der Waals surface area contributed by atoms with E-state index in [0.717, 1.165) is 31.4 Å². The Morgan fingerprint density at radius 2 is 2.05 bits per heavy atom. The van der Waals surface area contributed by atoms with Gasteiger partial charge < -0.3 is 14.8 Å². The molecule has 1 saturated carbocycles. The molecular formula is C14H27NO3S. The van der Waals surface area contributed by atoms with Crippen molar-refractivity contribution in [1.82, 2.24) is 5.32 Å². The van der Waals surface area contributed by atoms with Gasteiger partial charge in [0.2, 0.25) is 0 Å². The molecule has 4 nitrogen and oxygen atoms in total. The Labute approximate surface area is 119 Å². The van der Waals surface area contributed by atoms with E-state index in [1.807, 2.05) is 7.05 Å². The summed E-state index contributed by atoms with van der Waals surface area (Å²) < 4.78 is 24.2. The molecule has 0 amide bonds. The van der Waals surface area contributed by atoms with E-state index in [1.165, 1.54) is 0 Å². The van der Waals surface area contributed by atoms with Gasteiger partial charge in [-0.2, -0.15) is 0 Å². The van der Waals surface area contributed by atoms with E-state index in [9.17, 15) is 4.21 Å². The third kappa shape index (κ3) is 3.78. The van der Waals surface area contributed by atoms with Gasteiger partial charge in [-0.15, -0.1) is 0 Å². The van der Waals surface area contributed by atoms with Crippen molar-refractivity contribution in [2.75, 3.05) is 26.0 Å². The average Bonchev–Trinajstić information content (AvgIpc) is 2.84. The maximum absolute atomic E-state index is 12.6. The van der Waals surface area contributed by atoms with E-state index in [4.69, 9.17) is 9.47 Å². The molecular weight excluding hydrogens is 262 g/mol. The number of hydrogen-bond donors (Lipinski definition) is 1. The number of hydrogen-bond acceptors (Lipinski definition) is 4. The van der Waals surface area contributed by atoms with Crippen LogP contribution in [-0.4, -0.2) is 47.3 Å². The third-order valence-electron chi connectivity index (χ3n) is 4.22. The van der Waals surface area contributed by atoms with Crippen LogP contribution in [0.3, 0.4) is 0 Å². The highest BCUT2D eigenvalue weighted by Gasteiger charge is 2.46. The SMILES string of the molecule is CNC1CCC2(CC1S(=O)CCC(C)C)OCCO2. The number of rotatable bonds is 5. The minimum Gasteiger partial charge on any atom is -0.347 e. The fraction of sp³-hybridized carbons (Fsp3) is 1.00. The van der Waals surface area contributed by atoms with Crippen molar-refractivity contribution < 1.29 is 13.7 Å². The van der Waals surface area contributed by atoms with Gasteiger partial charge >= 0.3 is 0 Å². The summed E-state index contributed by atoms with van der Waals surface area (Å²) in [6, 6.07) is 0.325. The van der Waals surface area contributed by atoms with E-state index in [2.05, 4.69) is 19.2 Å². The Bertz CT molecular complexity index is 316. The molecule has 1 aliphatic carbocycles. The van der Waals surface area contributed by atoms with E-state index < -0.39 is 16.6 Å². The predicted octanol–water partition coefficient (Wildman–Crippen LogP) is 1.66. The van der Waals surface area contributed by atoms with E-state index in [-0.39, 0.29) is 5.25 Å². The van der Waals surface area contributed by atoms with Crippen LogP contribution < -0.4 is 5.32 Å². The lowest BCUT2D eigenvalue weighted by Crippen LogP contribution is -2.52. The molecule has 1 N–H and O–H groups in total. The van der Waals surface area contributed by atoms with Gasteiger partial charge in [0.05, 0.1) is 18.5 Å². The summed E-state index contributed by atoms with van der Waals surface area (Å²) >= 11 is 0. The lowest BCUT2D eigenvalue weighted by atomic mass is 9.89. The predicted molar refractivity (Wildman–Crippen MR) is 77.6 cm³/mol. The summed E-state index contributed by atoms with van der Waals surface area (Å²) in [7, 11) is 1.16. The van der Waals surface area contributed by atoms with Crippen molar-refractivity contribution in [2.24, 2.45) is 5.92 Å². The Morgan fingerprint density at radius 1 is 1.37 bits per heavy atom. The molecule has 0 aromatic carbocycles. The molecule has 0 aromatic rings. The Kier molecular flexibility index (Phi) is 5.40. The van der Waals surface area contributed by atoms with E-state index >= 15 is 0 Å². The van der Waals surface area contributed by atoms with Gasteiger partial charge in [0, 0.05) is 35.4 Å². The minimum atomic E-state index is -0.802. The molecule has 0 radical (unpaired) electrons. The summed E-state index contributed by atoms with van der Waals surface area (Å²) in [5, 5.41) is 3.47. The van der Waals surface area contributed by atoms with Crippen LogP contribution in [0, 0.1) is 5.92 Å². The largest absolute Gasteiger partial charge is 0.347 e. The second kappa shape index (κ2) is 6.66. The fourth-order valence-electron chi connectivity index (χ4n) is 2.98. The topological polar surface area (TPSA) is 47.6 Å². The molecule has 1 saturated heterocycles. The smallest absolute Gasteiger partial charge is 0.169 e. The first-order valence-electron chi connectivity index (χ1n) is 7.39. The first kappa shape index (κ1) is 15.4. The maximum atomic E-state index is 12.6. The summed E-state index contributed by atoms with van der Waals surface area (Å²) in [6.07, 6.45) is 3.68. The lowest BCUT2D eigenvalue weighted by molar-refractivity contribution is -0.178. The monoisotopic (exact) mass is 289 g/mol. The minimum absolute atomic E-state index is 0.149. The second-order valence-electron chi connectivity index (χ2n) is 6.05. The summed E-state index contributed by atoms with van der Waals surface area (Å²) in [5.74, 6) is 0.954. The van der Waals surface area contributed by atoms with Crippen molar-refractivity contribution in [3.05, 3.63) is 0 Å². The lowest BCUT2D eigenvalue weighted by Gasteiger charge is -2.40. The molecule has 0 bridgehead atoms. The van der Waals surface area contributed by atoms with E-state index in [0.29, 0.717) is 25.2 Å². The summed E-state index contributed by atoms with van der Waals surface area (Å²) in [6.45, 7) is 5.71. The van der Waals surface area contributed by atoms with Crippen molar-refractivity contribution in [2.45, 2.75) is 56.6 Å². The van der Waals surface area contributed by atoms with Gasteiger partial charge in [0.1, 0.15) is 0 Å². The van der Waals surface area contributed by atoms with Crippen LogP contribution in [0.15, 0.2) is 0 Å². The molecule has 1 aliphatic heterocycles. The first-order valence-corrected chi connectivity index (χ1v) is 8.77. The highest BCUT2D eigenvalue weighted by atomic mass is 32.2. The quantitative estimate of drug-likeness (QED) is 0.836. The maximum Gasteiger partial charge on any atom is 0.169 e. The van der Waals surface area contributed by atoms with Crippen molar-refractivity contribution in [3.8, 4) is 0 Å². The van der Waals surface area contributed by atoms with Gasteiger partial charge in [-0.3, -0.25) is 4.21 Å². The van der Waals surface area contributed by atoms with Crippen molar-refractivity contribution in [3.63, 3.8) is 0 Å². The fourth-order valence-corrected chi connectivity index (χ4v) is 5.07. The standard InChI is InChI=1S/C14H27NO3S/c1-11(2)5-9-19(16)13-10-14(17-7-8-18-14)6-4-12(13)15-3/h11-13,15H,4-10H2,1-3H3. The molecule has 2 rings (SSSR count). The molecule has 19 heavy (non-hydrogen) atoms. The third-order valence-corrected chi connectivity index (χ3v) is 6.02. The highest BCUT2D eigenvalue weighted by Crippen LogP contribution is 2.38. The molecule has 2 fully saturated rings. The average molecular weight is 289 g/mol. The zero-order valence-electron chi connectivity index (χ0n) is 12.3. The van der Waals surface area contributed by atoms with Crippen molar-refractivity contribution in [1.29, 1.82) is 0 Å². The van der Waals surface area contributed by atoms with Crippen LogP contribution in [0.25, 0.3) is 0 Å². The Balaban J connectivity index is 1.99. The molecule has 3 unspecified atom stereocenters. The Hall–Kier alpha value is 0.0300. The second-order valence-corrected chi connectivity index (χ2v) is 7.83. The molecule has 3 atom stereocenters. The van der Waals surface area contributed by atoms with Gasteiger partial charge in [-0.05, 0) is 25.8 Å². The zero-order valence-corrected chi connectivity index (χ0v) is 13.1. The molecule has 1 heterocycles. The van der Waals surface area contributed by atoms with Crippen LogP contribution in [0.4, 0.5) is 0 Å². The van der Waals surface area contributed by atoms with Gasteiger partial charge in [-0.1, -0.05) is 13.8 Å². The molecule has 0 aromatic heterocycles.